The summed E-state index contributed by atoms with van der Waals surface area (Å²) in [5.41, 5.74) is 4.97. The molecule has 0 spiro atoms. The minimum Gasteiger partial charge on any atom is -0.447 e. The minimum absolute atomic E-state index is 0.143. The third-order valence-electron chi connectivity index (χ3n) is 5.28. The van der Waals surface area contributed by atoms with E-state index in [-0.39, 0.29) is 6.61 Å². The number of amides is 1. The summed E-state index contributed by atoms with van der Waals surface area (Å²) in [6.45, 7) is 2.38. The molecule has 0 saturated heterocycles. The molecule has 5 heterocycles. The van der Waals surface area contributed by atoms with Crippen LogP contribution < -0.4 is 5.32 Å². The Bertz CT molecular complexity index is 1510. The van der Waals surface area contributed by atoms with Gasteiger partial charge in [-0.05, 0) is 25.1 Å². The summed E-state index contributed by atoms with van der Waals surface area (Å²) >= 11 is 0. The normalized spacial score (nSPS) is 11.3. The molecule has 0 aliphatic carbocycles. The number of rotatable bonds is 6. The van der Waals surface area contributed by atoms with Crippen LogP contribution >= 0.6 is 0 Å². The van der Waals surface area contributed by atoms with Crippen molar-refractivity contribution in [1.29, 1.82) is 0 Å². The Morgan fingerprint density at radius 1 is 1.15 bits per heavy atom. The number of pyridine rings is 2. The first-order chi connectivity index (χ1) is 16.5. The van der Waals surface area contributed by atoms with Crippen LogP contribution in [-0.4, -0.2) is 60.9 Å². The summed E-state index contributed by atoms with van der Waals surface area (Å²) in [6, 6.07) is 7.59. The van der Waals surface area contributed by atoms with Gasteiger partial charge in [0, 0.05) is 43.2 Å². The van der Waals surface area contributed by atoms with Gasteiger partial charge in [0.25, 0.3) is 0 Å². The standard InChI is InChI=1S/C23H22N8O3/c1-13-5-4-6-16(27-13)20-28-17(18-21(29-20)26-12-25-18)15-11-31(2)19-14(15)7-8-24-22(19)30-23(32)34-10-9-33-3/h4-8,11-12H,9-10H2,1-3H3,(H,24,30,32)(H,25,26,28,29). The van der Waals surface area contributed by atoms with Gasteiger partial charge in [0.1, 0.15) is 23.5 Å². The number of methoxy groups -OCH3 is 1. The SMILES string of the molecule is COCCOC(=O)Nc1nccc2c(-c3nc(-c4cccc(C)n4)nc4[nH]cnc34)cn(C)c12. The van der Waals surface area contributed by atoms with E-state index in [0.29, 0.717) is 40.8 Å². The number of H-pyrrole nitrogens is 1. The van der Waals surface area contributed by atoms with Crippen molar-refractivity contribution in [3.8, 4) is 22.8 Å². The molecule has 34 heavy (non-hydrogen) atoms. The maximum atomic E-state index is 12.2. The molecule has 0 atom stereocenters. The predicted molar refractivity (Wildman–Crippen MR) is 126 cm³/mol. The Balaban J connectivity index is 1.62. The number of aromatic amines is 1. The topological polar surface area (TPSA) is 133 Å². The van der Waals surface area contributed by atoms with E-state index < -0.39 is 6.09 Å². The van der Waals surface area contributed by atoms with Gasteiger partial charge in [-0.2, -0.15) is 0 Å². The van der Waals surface area contributed by atoms with Crippen LogP contribution in [0.15, 0.2) is 43.0 Å². The number of aryl methyl sites for hydroxylation is 2. The van der Waals surface area contributed by atoms with E-state index in [2.05, 4.69) is 30.2 Å². The molecule has 11 nitrogen and oxygen atoms in total. The van der Waals surface area contributed by atoms with Crippen LogP contribution in [0.5, 0.6) is 0 Å². The number of fused-ring (bicyclic) bond motifs is 2. The number of hydrogen-bond acceptors (Lipinski definition) is 8. The van der Waals surface area contributed by atoms with Gasteiger partial charge >= 0.3 is 6.09 Å². The van der Waals surface area contributed by atoms with Crippen molar-refractivity contribution < 1.29 is 14.3 Å². The number of nitrogens with one attached hydrogen (secondary N) is 2. The number of ether oxygens (including phenoxy) is 2. The molecular formula is C23H22N8O3. The van der Waals surface area contributed by atoms with E-state index >= 15 is 0 Å². The fourth-order valence-corrected chi connectivity index (χ4v) is 3.79. The number of nitrogens with zero attached hydrogens (tertiary/aromatic N) is 6. The van der Waals surface area contributed by atoms with Crippen molar-refractivity contribution in [2.24, 2.45) is 7.05 Å². The van der Waals surface area contributed by atoms with Crippen LogP contribution in [-0.2, 0) is 16.5 Å². The summed E-state index contributed by atoms with van der Waals surface area (Å²) in [5.74, 6) is 0.864. The molecule has 0 radical (unpaired) electrons. The Labute approximate surface area is 194 Å². The quantitative estimate of drug-likeness (QED) is 0.370. The van der Waals surface area contributed by atoms with Gasteiger partial charge < -0.3 is 19.0 Å². The summed E-state index contributed by atoms with van der Waals surface area (Å²) < 4.78 is 11.9. The Kier molecular flexibility index (Phi) is 5.60. The Hall–Kier alpha value is -4.38. The largest absolute Gasteiger partial charge is 0.447 e. The molecule has 5 aromatic rings. The zero-order valence-electron chi connectivity index (χ0n) is 18.9. The molecule has 11 heteroatoms. The number of aromatic nitrogens is 7. The molecule has 0 aliphatic rings. The number of carbonyl (C=O) groups is 1. The highest BCUT2D eigenvalue weighted by molar-refractivity contribution is 6.06. The predicted octanol–water partition coefficient (Wildman–Crippen LogP) is 3.47. The maximum Gasteiger partial charge on any atom is 0.412 e. The van der Waals surface area contributed by atoms with Crippen molar-refractivity contribution in [1.82, 2.24) is 34.5 Å². The van der Waals surface area contributed by atoms with Crippen molar-refractivity contribution >= 4 is 34.0 Å². The third-order valence-corrected chi connectivity index (χ3v) is 5.28. The van der Waals surface area contributed by atoms with E-state index in [1.165, 1.54) is 0 Å². The van der Waals surface area contributed by atoms with Gasteiger partial charge in [0.15, 0.2) is 17.3 Å². The molecule has 0 bridgehead atoms. The lowest BCUT2D eigenvalue weighted by atomic mass is 10.1. The molecule has 1 amide bonds. The van der Waals surface area contributed by atoms with Crippen molar-refractivity contribution in [2.45, 2.75) is 6.92 Å². The van der Waals surface area contributed by atoms with Gasteiger partial charge in [0.2, 0.25) is 0 Å². The van der Waals surface area contributed by atoms with Crippen molar-refractivity contribution in [2.75, 3.05) is 25.6 Å². The fraction of sp³-hybridized carbons (Fsp3) is 0.217. The third kappa shape index (κ3) is 3.92. The summed E-state index contributed by atoms with van der Waals surface area (Å²) in [4.78, 5) is 38.1. The molecule has 5 aromatic heterocycles. The first-order valence-corrected chi connectivity index (χ1v) is 10.6. The highest BCUT2D eigenvalue weighted by Gasteiger charge is 2.20. The number of anilines is 1. The second-order valence-corrected chi connectivity index (χ2v) is 7.62. The smallest absolute Gasteiger partial charge is 0.412 e. The zero-order valence-corrected chi connectivity index (χ0v) is 18.9. The lowest BCUT2D eigenvalue weighted by Gasteiger charge is -2.08. The highest BCUT2D eigenvalue weighted by atomic mass is 16.6. The Morgan fingerprint density at radius 3 is 2.85 bits per heavy atom. The average molecular weight is 458 g/mol. The molecule has 0 saturated carbocycles. The van der Waals surface area contributed by atoms with Gasteiger partial charge in [-0.15, -0.1) is 0 Å². The molecule has 0 aliphatic heterocycles. The van der Waals surface area contributed by atoms with Gasteiger partial charge in [0.05, 0.1) is 18.5 Å². The van der Waals surface area contributed by atoms with E-state index in [4.69, 9.17) is 14.5 Å². The molecule has 5 rings (SSSR count). The number of imidazole rings is 1. The molecule has 0 aromatic carbocycles. The van der Waals surface area contributed by atoms with E-state index in [1.807, 2.05) is 49.0 Å². The average Bonchev–Trinajstić information content (AvgIpc) is 3.44. The van der Waals surface area contributed by atoms with E-state index in [9.17, 15) is 4.79 Å². The molecule has 0 fully saturated rings. The van der Waals surface area contributed by atoms with Crippen LogP contribution in [0.4, 0.5) is 10.6 Å². The first-order valence-electron chi connectivity index (χ1n) is 10.6. The second-order valence-electron chi connectivity index (χ2n) is 7.62. The number of carbonyl (C=O) groups excluding carboxylic acids is 1. The molecular weight excluding hydrogens is 436 g/mol. The van der Waals surface area contributed by atoms with E-state index in [1.54, 1.807) is 19.6 Å². The maximum absolute atomic E-state index is 12.2. The van der Waals surface area contributed by atoms with Crippen molar-refractivity contribution in [3.05, 3.63) is 48.7 Å². The lowest BCUT2D eigenvalue weighted by molar-refractivity contribution is 0.107. The minimum atomic E-state index is -0.607. The zero-order chi connectivity index (χ0) is 23.7. The second kappa shape index (κ2) is 8.87. The van der Waals surface area contributed by atoms with Gasteiger partial charge in [-0.3, -0.25) is 5.32 Å². The molecule has 2 N–H and O–H groups in total. The highest BCUT2D eigenvalue weighted by Crippen LogP contribution is 2.35. The monoisotopic (exact) mass is 458 g/mol. The first kappa shape index (κ1) is 21.5. The van der Waals surface area contributed by atoms with Crippen LogP contribution in [0.2, 0.25) is 0 Å². The van der Waals surface area contributed by atoms with Crippen molar-refractivity contribution in [3.63, 3.8) is 0 Å². The van der Waals surface area contributed by atoms with Crippen LogP contribution in [0.25, 0.3) is 44.8 Å². The molecule has 0 unspecified atom stereocenters. The van der Waals surface area contributed by atoms with Gasteiger partial charge in [-0.25, -0.2) is 29.7 Å². The van der Waals surface area contributed by atoms with Crippen LogP contribution in [0.1, 0.15) is 5.69 Å². The van der Waals surface area contributed by atoms with Crippen LogP contribution in [0.3, 0.4) is 0 Å². The number of hydrogen-bond donors (Lipinski definition) is 2. The van der Waals surface area contributed by atoms with E-state index in [0.717, 1.165) is 22.2 Å². The van der Waals surface area contributed by atoms with Crippen LogP contribution in [0, 0.1) is 6.92 Å². The summed E-state index contributed by atoms with van der Waals surface area (Å²) in [5, 5.41) is 3.56. The summed E-state index contributed by atoms with van der Waals surface area (Å²) in [6.07, 6.45) is 4.54. The fourth-order valence-electron chi connectivity index (χ4n) is 3.79. The van der Waals surface area contributed by atoms with Gasteiger partial charge in [-0.1, -0.05) is 6.07 Å². The Morgan fingerprint density at radius 2 is 2.03 bits per heavy atom. The summed E-state index contributed by atoms with van der Waals surface area (Å²) in [7, 11) is 3.42. The molecule has 172 valence electrons. The lowest BCUT2D eigenvalue weighted by Crippen LogP contribution is -2.17.